The maximum atomic E-state index is 12.6. The lowest BCUT2D eigenvalue weighted by Crippen LogP contribution is -2.42. The van der Waals surface area contributed by atoms with Crippen LogP contribution in [0, 0.1) is 13.8 Å². The van der Waals surface area contributed by atoms with Crippen LogP contribution < -0.4 is 4.90 Å². The maximum absolute atomic E-state index is 12.6. The molecule has 6 heteroatoms. The van der Waals surface area contributed by atoms with Gasteiger partial charge in [-0.1, -0.05) is 56.3 Å². The highest BCUT2D eigenvalue weighted by molar-refractivity contribution is 7.81. The lowest BCUT2D eigenvalue weighted by atomic mass is 10.0. The number of H-pyrrole nitrogens is 1. The zero-order valence-electron chi connectivity index (χ0n) is 20.0. The molecule has 3 aromatic rings. The van der Waals surface area contributed by atoms with Crippen molar-refractivity contribution in [2.75, 3.05) is 17.7 Å². The van der Waals surface area contributed by atoms with E-state index in [2.05, 4.69) is 81.6 Å². The molecular formula is C26H36N4OS. The zero-order chi connectivity index (χ0) is 23.1. The molecule has 4 rings (SSSR count). The Morgan fingerprint density at radius 1 is 1.09 bits per heavy atom. The first-order valence-corrected chi connectivity index (χ1v) is 13.0. The highest BCUT2D eigenvalue weighted by atomic mass is 32.2. The van der Waals surface area contributed by atoms with E-state index in [1.807, 2.05) is 13.8 Å². The monoisotopic (exact) mass is 452 g/mol. The standard InChI is InChI=1S/C24H30N4OS.C2H6/c1-18-8-7-11-24-22(18)15-27(30(3)29)14-21(13-12-20-9-5-4-6-10-20)28(24)16-23-19(2)25-17-26-23;1-2/h4-11,17,21H,12-16H2,1-3H3,(H,25,26);1-2H3. The molecule has 0 fully saturated rings. The molecule has 2 unspecified atom stereocenters. The third-order valence-corrected chi connectivity index (χ3v) is 7.12. The lowest BCUT2D eigenvalue weighted by molar-refractivity contribution is 0.392. The molecule has 32 heavy (non-hydrogen) atoms. The van der Waals surface area contributed by atoms with Crippen molar-refractivity contribution in [3.8, 4) is 0 Å². The highest BCUT2D eigenvalue weighted by Gasteiger charge is 2.30. The summed E-state index contributed by atoms with van der Waals surface area (Å²) in [7, 11) is -1.02. The number of aryl methyl sites for hydroxylation is 3. The average Bonchev–Trinajstić information content (AvgIpc) is 3.13. The van der Waals surface area contributed by atoms with E-state index in [1.54, 1.807) is 12.6 Å². The molecule has 0 radical (unpaired) electrons. The average molecular weight is 453 g/mol. The third-order valence-electron chi connectivity index (χ3n) is 6.11. The first kappa shape index (κ1) is 24.2. The minimum absolute atomic E-state index is 0.244. The molecule has 2 aromatic carbocycles. The Kier molecular flexibility index (Phi) is 8.65. The highest BCUT2D eigenvalue weighted by Crippen LogP contribution is 2.33. The van der Waals surface area contributed by atoms with Crippen LogP contribution in [0.2, 0.25) is 0 Å². The van der Waals surface area contributed by atoms with Gasteiger partial charge in [0.2, 0.25) is 0 Å². The Hall–Kier alpha value is -2.44. The van der Waals surface area contributed by atoms with Crippen molar-refractivity contribution in [3.63, 3.8) is 0 Å². The van der Waals surface area contributed by atoms with Gasteiger partial charge in [0.05, 0.1) is 29.6 Å². The molecule has 0 saturated heterocycles. The van der Waals surface area contributed by atoms with E-state index in [1.165, 1.54) is 22.4 Å². The van der Waals surface area contributed by atoms with Gasteiger partial charge in [0, 0.05) is 36.8 Å². The molecule has 1 aliphatic heterocycles. The van der Waals surface area contributed by atoms with E-state index in [0.717, 1.165) is 37.3 Å². The molecule has 0 bridgehead atoms. The summed E-state index contributed by atoms with van der Waals surface area (Å²) >= 11 is 0. The Morgan fingerprint density at radius 3 is 2.50 bits per heavy atom. The summed E-state index contributed by atoms with van der Waals surface area (Å²) in [4.78, 5) is 10.3. The van der Waals surface area contributed by atoms with Crippen molar-refractivity contribution in [1.82, 2.24) is 14.3 Å². The minimum atomic E-state index is -1.02. The number of hydrogen-bond donors (Lipinski definition) is 1. The van der Waals surface area contributed by atoms with Gasteiger partial charge < -0.3 is 9.88 Å². The summed E-state index contributed by atoms with van der Waals surface area (Å²) in [5.74, 6) is 0. The molecule has 1 aliphatic rings. The van der Waals surface area contributed by atoms with Crippen molar-refractivity contribution in [3.05, 3.63) is 82.9 Å². The molecule has 0 aliphatic carbocycles. The Balaban J connectivity index is 0.00000141. The summed E-state index contributed by atoms with van der Waals surface area (Å²) < 4.78 is 14.7. The fourth-order valence-electron chi connectivity index (χ4n) is 4.28. The van der Waals surface area contributed by atoms with Gasteiger partial charge in [0.1, 0.15) is 0 Å². The van der Waals surface area contributed by atoms with E-state index in [9.17, 15) is 4.21 Å². The fourth-order valence-corrected chi connectivity index (χ4v) is 4.97. The SMILES string of the molecule is CC.Cc1cccc2c1CN(S(C)=O)CC(CCc1ccccc1)N2Cc1nc[nH]c1C. The van der Waals surface area contributed by atoms with Gasteiger partial charge >= 0.3 is 0 Å². The van der Waals surface area contributed by atoms with E-state index in [-0.39, 0.29) is 6.04 Å². The van der Waals surface area contributed by atoms with Crippen LogP contribution in [0.15, 0.2) is 54.9 Å². The number of aromatic nitrogens is 2. The summed E-state index contributed by atoms with van der Waals surface area (Å²) in [6, 6.07) is 17.4. The second-order valence-electron chi connectivity index (χ2n) is 8.10. The Labute approximate surface area is 195 Å². The molecule has 2 atom stereocenters. The van der Waals surface area contributed by atoms with Crippen LogP contribution >= 0.6 is 0 Å². The fraction of sp³-hybridized carbons (Fsp3) is 0.423. The van der Waals surface area contributed by atoms with E-state index in [0.29, 0.717) is 6.54 Å². The summed E-state index contributed by atoms with van der Waals surface area (Å²) in [6.07, 6.45) is 5.55. The molecule has 0 saturated carbocycles. The van der Waals surface area contributed by atoms with E-state index >= 15 is 0 Å². The van der Waals surface area contributed by atoms with E-state index in [4.69, 9.17) is 0 Å². The number of benzene rings is 2. The van der Waals surface area contributed by atoms with Crippen molar-refractivity contribution in [1.29, 1.82) is 0 Å². The zero-order valence-corrected chi connectivity index (χ0v) is 20.8. The van der Waals surface area contributed by atoms with Crippen molar-refractivity contribution >= 4 is 16.7 Å². The van der Waals surface area contributed by atoms with Gasteiger partial charge in [0.15, 0.2) is 0 Å². The van der Waals surface area contributed by atoms with Gasteiger partial charge in [0.25, 0.3) is 0 Å². The molecule has 172 valence electrons. The number of rotatable bonds is 6. The van der Waals surface area contributed by atoms with Crippen molar-refractivity contribution in [2.45, 2.75) is 59.7 Å². The maximum Gasteiger partial charge on any atom is 0.0925 e. The number of anilines is 1. The van der Waals surface area contributed by atoms with Crippen LogP contribution in [0.25, 0.3) is 0 Å². The molecule has 0 amide bonds. The molecule has 2 heterocycles. The number of imidazole rings is 1. The summed E-state index contributed by atoms with van der Waals surface area (Å²) in [5.41, 5.74) is 7.26. The van der Waals surface area contributed by atoms with Crippen LogP contribution in [-0.4, -0.2) is 37.3 Å². The first-order valence-electron chi connectivity index (χ1n) is 11.5. The normalized spacial score (nSPS) is 17.2. The van der Waals surface area contributed by atoms with Gasteiger partial charge in [-0.15, -0.1) is 0 Å². The van der Waals surface area contributed by atoms with Crippen LogP contribution in [0.4, 0.5) is 5.69 Å². The quantitative estimate of drug-likeness (QED) is 0.561. The van der Waals surface area contributed by atoms with Crippen molar-refractivity contribution in [2.24, 2.45) is 0 Å². The number of hydrogen-bond acceptors (Lipinski definition) is 3. The largest absolute Gasteiger partial charge is 0.361 e. The molecular weight excluding hydrogens is 416 g/mol. The van der Waals surface area contributed by atoms with Crippen LogP contribution in [0.5, 0.6) is 0 Å². The smallest absolute Gasteiger partial charge is 0.0925 e. The molecule has 1 N–H and O–H groups in total. The topological polar surface area (TPSA) is 52.2 Å². The number of fused-ring (bicyclic) bond motifs is 1. The second-order valence-corrected chi connectivity index (χ2v) is 9.46. The second kappa shape index (κ2) is 11.4. The van der Waals surface area contributed by atoms with Gasteiger partial charge in [-0.25, -0.2) is 13.5 Å². The third kappa shape index (κ3) is 5.67. The predicted octanol–water partition coefficient (Wildman–Crippen LogP) is 5.17. The minimum Gasteiger partial charge on any atom is -0.361 e. The Morgan fingerprint density at radius 2 is 1.84 bits per heavy atom. The Bertz CT molecular complexity index is 1020. The van der Waals surface area contributed by atoms with Crippen LogP contribution in [0.1, 0.15) is 48.3 Å². The summed E-state index contributed by atoms with van der Waals surface area (Å²) in [6.45, 7) is 10.5. The van der Waals surface area contributed by atoms with Crippen molar-refractivity contribution < 1.29 is 4.21 Å². The predicted molar refractivity (Wildman–Crippen MR) is 135 cm³/mol. The van der Waals surface area contributed by atoms with E-state index < -0.39 is 11.0 Å². The number of nitrogens with zero attached hydrogens (tertiary/aromatic N) is 3. The molecule has 1 aromatic heterocycles. The number of aromatic amines is 1. The lowest BCUT2D eigenvalue weighted by Gasteiger charge is -2.34. The van der Waals surface area contributed by atoms with Gasteiger partial charge in [-0.05, 0) is 49.4 Å². The van der Waals surface area contributed by atoms with Gasteiger partial charge in [-0.2, -0.15) is 0 Å². The molecule has 0 spiro atoms. The van der Waals surface area contributed by atoms with Gasteiger partial charge in [-0.3, -0.25) is 0 Å². The number of nitrogens with one attached hydrogen (secondary N) is 1. The van der Waals surface area contributed by atoms with Crippen LogP contribution in [0.3, 0.4) is 0 Å². The summed E-state index contributed by atoms with van der Waals surface area (Å²) in [5, 5.41) is 0. The van der Waals surface area contributed by atoms with Crippen LogP contribution in [-0.2, 0) is 30.5 Å². The molecule has 5 nitrogen and oxygen atoms in total. The first-order chi connectivity index (χ1) is 15.5.